The number of imide groups is 1. The minimum absolute atomic E-state index is 0.462. The van der Waals surface area contributed by atoms with Gasteiger partial charge in [0, 0.05) is 13.1 Å². The van der Waals surface area contributed by atoms with Crippen LogP contribution in [-0.2, 0) is 14.4 Å². The minimum Gasteiger partial charge on any atom is -0.481 e. The van der Waals surface area contributed by atoms with Gasteiger partial charge in [-0.2, -0.15) is 13.2 Å². The van der Waals surface area contributed by atoms with Gasteiger partial charge in [-0.15, -0.1) is 0 Å². The first kappa shape index (κ1) is 19.4. The summed E-state index contributed by atoms with van der Waals surface area (Å²) in [5, 5.41) is 11.6. The zero-order valence-corrected chi connectivity index (χ0v) is 14.4. The molecule has 0 aromatic heterocycles. The number of carboxylic acid groups (broad SMARTS) is 1. The highest BCUT2D eigenvalue weighted by atomic mass is 19.4. The fourth-order valence-electron chi connectivity index (χ4n) is 4.14. The number of hydrogen-bond acceptors (Lipinski definition) is 4. The molecule has 3 aliphatic rings. The highest BCUT2D eigenvalue weighted by molar-refractivity contribution is 6.09. The summed E-state index contributed by atoms with van der Waals surface area (Å²) in [6.45, 7) is -2.09. The van der Waals surface area contributed by atoms with E-state index in [4.69, 9.17) is 5.11 Å². The Hall–Kier alpha value is -2.33. The van der Waals surface area contributed by atoms with Crippen LogP contribution in [0.1, 0.15) is 32.1 Å². The third-order valence-electron chi connectivity index (χ3n) is 5.66. The number of carbonyl (C=O) groups excluding carboxylic acids is 3. The van der Waals surface area contributed by atoms with Crippen molar-refractivity contribution in [1.82, 2.24) is 15.1 Å². The van der Waals surface area contributed by atoms with Crippen LogP contribution in [0.25, 0.3) is 0 Å². The molecule has 2 atom stereocenters. The van der Waals surface area contributed by atoms with Gasteiger partial charge in [0.2, 0.25) is 5.91 Å². The Morgan fingerprint density at radius 3 is 2.30 bits per heavy atom. The fourth-order valence-corrected chi connectivity index (χ4v) is 4.14. The van der Waals surface area contributed by atoms with Crippen molar-refractivity contribution in [3.8, 4) is 0 Å². The standard InChI is InChI=1S/C16H20F3N3O5/c17-16(18,19)10-7-21(6-9(10)12(24)25)11(23)8-22-13(26)15(20-14(22)27)4-2-1-3-5-15/h9-10H,1-8H2,(H,20,27)(H,24,25)/t9-,10-/m1/s1. The Kier molecular flexibility index (Phi) is 4.81. The molecule has 2 heterocycles. The number of likely N-dealkylation sites (tertiary alicyclic amines) is 1. The Labute approximate surface area is 152 Å². The maximum absolute atomic E-state index is 13.0. The van der Waals surface area contributed by atoms with Gasteiger partial charge in [0.05, 0.1) is 11.8 Å². The molecule has 2 saturated heterocycles. The second-order valence-corrected chi connectivity index (χ2v) is 7.36. The van der Waals surface area contributed by atoms with Crippen LogP contribution in [0.5, 0.6) is 0 Å². The molecule has 8 nitrogen and oxygen atoms in total. The van der Waals surface area contributed by atoms with Crippen molar-refractivity contribution in [2.24, 2.45) is 11.8 Å². The third-order valence-corrected chi connectivity index (χ3v) is 5.66. The Morgan fingerprint density at radius 2 is 1.78 bits per heavy atom. The van der Waals surface area contributed by atoms with Crippen molar-refractivity contribution < 1.29 is 37.5 Å². The molecule has 1 saturated carbocycles. The van der Waals surface area contributed by atoms with E-state index >= 15 is 0 Å². The maximum Gasteiger partial charge on any atom is 0.394 e. The van der Waals surface area contributed by atoms with E-state index in [1.807, 2.05) is 0 Å². The molecule has 0 aromatic rings. The number of amides is 4. The monoisotopic (exact) mass is 391 g/mol. The van der Waals surface area contributed by atoms with Gasteiger partial charge in [0.15, 0.2) is 0 Å². The first-order valence-corrected chi connectivity index (χ1v) is 8.76. The number of alkyl halides is 3. The molecule has 27 heavy (non-hydrogen) atoms. The van der Waals surface area contributed by atoms with E-state index < -0.39 is 67.0 Å². The van der Waals surface area contributed by atoms with Gasteiger partial charge in [0.1, 0.15) is 12.1 Å². The number of carboxylic acids is 1. The summed E-state index contributed by atoms with van der Waals surface area (Å²) in [5.74, 6) is -6.98. The normalized spacial score (nSPS) is 28.0. The van der Waals surface area contributed by atoms with Gasteiger partial charge in [-0.05, 0) is 12.8 Å². The molecular formula is C16H20F3N3O5. The number of aliphatic carboxylic acids is 1. The van der Waals surface area contributed by atoms with Crippen LogP contribution in [0.15, 0.2) is 0 Å². The second kappa shape index (κ2) is 6.68. The van der Waals surface area contributed by atoms with E-state index in [0.29, 0.717) is 12.8 Å². The lowest BCUT2D eigenvalue weighted by Gasteiger charge is -2.30. The predicted octanol–water partition coefficient (Wildman–Crippen LogP) is 0.963. The molecule has 0 aromatic carbocycles. The van der Waals surface area contributed by atoms with Crippen molar-refractivity contribution in [1.29, 1.82) is 0 Å². The van der Waals surface area contributed by atoms with Crippen LogP contribution in [0, 0.1) is 11.8 Å². The fraction of sp³-hybridized carbons (Fsp3) is 0.750. The second-order valence-electron chi connectivity index (χ2n) is 7.36. The summed E-state index contributed by atoms with van der Waals surface area (Å²) < 4.78 is 39.1. The lowest BCUT2D eigenvalue weighted by Crippen LogP contribution is -2.49. The highest BCUT2D eigenvalue weighted by Gasteiger charge is 2.55. The summed E-state index contributed by atoms with van der Waals surface area (Å²) in [6, 6.07) is -0.739. The van der Waals surface area contributed by atoms with Gasteiger partial charge in [-0.3, -0.25) is 19.3 Å². The molecule has 0 radical (unpaired) electrons. The molecular weight excluding hydrogens is 371 g/mol. The summed E-state index contributed by atoms with van der Waals surface area (Å²) in [7, 11) is 0. The molecule has 11 heteroatoms. The number of nitrogens with zero attached hydrogens (tertiary/aromatic N) is 2. The molecule has 3 rings (SSSR count). The van der Waals surface area contributed by atoms with E-state index in [9.17, 15) is 32.3 Å². The third kappa shape index (κ3) is 3.46. The molecule has 4 amide bonds. The number of urea groups is 1. The number of nitrogens with one attached hydrogen (secondary N) is 1. The van der Waals surface area contributed by atoms with Crippen molar-refractivity contribution in [2.45, 2.75) is 43.8 Å². The van der Waals surface area contributed by atoms with E-state index in [1.54, 1.807) is 0 Å². The van der Waals surface area contributed by atoms with Crippen molar-refractivity contribution in [3.05, 3.63) is 0 Å². The molecule has 2 aliphatic heterocycles. The van der Waals surface area contributed by atoms with E-state index in [1.165, 1.54) is 0 Å². The smallest absolute Gasteiger partial charge is 0.394 e. The lowest BCUT2D eigenvalue weighted by molar-refractivity contribution is -0.188. The number of halogens is 3. The van der Waals surface area contributed by atoms with Gasteiger partial charge in [0.25, 0.3) is 5.91 Å². The predicted molar refractivity (Wildman–Crippen MR) is 83.3 cm³/mol. The number of rotatable bonds is 3. The molecule has 2 N–H and O–H groups in total. The SMILES string of the molecule is O=C(O)[C@@H]1CN(C(=O)CN2C(=O)NC3(CCCCC3)C2=O)C[C@H]1C(F)(F)F. The van der Waals surface area contributed by atoms with Crippen LogP contribution >= 0.6 is 0 Å². The number of hydrogen-bond donors (Lipinski definition) is 2. The minimum atomic E-state index is -4.76. The molecule has 1 spiro atoms. The van der Waals surface area contributed by atoms with Crippen LogP contribution in [-0.4, -0.2) is 70.1 Å². The van der Waals surface area contributed by atoms with Gasteiger partial charge in [-0.1, -0.05) is 19.3 Å². The van der Waals surface area contributed by atoms with Gasteiger partial charge < -0.3 is 15.3 Å². The van der Waals surface area contributed by atoms with Crippen LogP contribution < -0.4 is 5.32 Å². The molecule has 3 fully saturated rings. The van der Waals surface area contributed by atoms with Crippen molar-refractivity contribution in [3.63, 3.8) is 0 Å². The first-order valence-electron chi connectivity index (χ1n) is 8.76. The van der Waals surface area contributed by atoms with Crippen molar-refractivity contribution >= 4 is 23.8 Å². The Morgan fingerprint density at radius 1 is 1.15 bits per heavy atom. The lowest BCUT2D eigenvalue weighted by atomic mass is 9.82. The van der Waals surface area contributed by atoms with Crippen LogP contribution in [0.2, 0.25) is 0 Å². The first-order chi connectivity index (χ1) is 12.5. The maximum atomic E-state index is 13.0. The van der Waals surface area contributed by atoms with Gasteiger partial charge >= 0.3 is 18.2 Å². The van der Waals surface area contributed by atoms with Crippen LogP contribution in [0.3, 0.4) is 0 Å². The average Bonchev–Trinajstić information content (AvgIpc) is 3.13. The summed E-state index contributed by atoms with van der Waals surface area (Å²) in [5.41, 5.74) is -1.03. The molecule has 1 aliphatic carbocycles. The number of carbonyl (C=O) groups is 4. The molecule has 0 bridgehead atoms. The van der Waals surface area contributed by atoms with E-state index in [-0.39, 0.29) is 0 Å². The topological polar surface area (TPSA) is 107 Å². The summed E-state index contributed by atoms with van der Waals surface area (Å²) in [4.78, 5) is 49.8. The quantitative estimate of drug-likeness (QED) is 0.697. The largest absolute Gasteiger partial charge is 0.481 e. The van der Waals surface area contributed by atoms with Gasteiger partial charge in [-0.25, -0.2) is 4.79 Å². The zero-order valence-electron chi connectivity index (χ0n) is 14.4. The van der Waals surface area contributed by atoms with Crippen molar-refractivity contribution in [2.75, 3.05) is 19.6 Å². The average molecular weight is 391 g/mol. The Balaban J connectivity index is 1.69. The molecule has 150 valence electrons. The van der Waals surface area contributed by atoms with Crippen LogP contribution in [0.4, 0.5) is 18.0 Å². The van der Waals surface area contributed by atoms with E-state index in [2.05, 4.69) is 5.32 Å². The van der Waals surface area contributed by atoms with E-state index in [0.717, 1.165) is 29.1 Å². The Bertz CT molecular complexity index is 675. The zero-order chi connectivity index (χ0) is 20.0. The summed E-state index contributed by atoms with van der Waals surface area (Å²) >= 11 is 0. The molecule has 0 unspecified atom stereocenters. The summed E-state index contributed by atoms with van der Waals surface area (Å²) in [6.07, 6.45) is -1.38. The highest BCUT2D eigenvalue weighted by Crippen LogP contribution is 2.38.